The maximum Gasteiger partial charge on any atom is 0.121 e. The van der Waals surface area contributed by atoms with E-state index < -0.39 is 0 Å². The van der Waals surface area contributed by atoms with Gasteiger partial charge in [0, 0.05) is 25.2 Å². The van der Waals surface area contributed by atoms with Crippen molar-refractivity contribution in [3.05, 3.63) is 23.8 Å². The number of methoxy groups -OCH3 is 1. The molecule has 0 aliphatic heterocycles. The number of anilines is 1. The van der Waals surface area contributed by atoms with Crippen LogP contribution >= 0.6 is 11.6 Å². The smallest absolute Gasteiger partial charge is 0.121 e. The Bertz CT molecular complexity index is 301. The highest BCUT2D eigenvalue weighted by Crippen LogP contribution is 2.23. The van der Waals surface area contributed by atoms with E-state index in [1.54, 1.807) is 7.11 Å². The van der Waals surface area contributed by atoms with Gasteiger partial charge in [-0.2, -0.15) is 0 Å². The van der Waals surface area contributed by atoms with E-state index in [2.05, 4.69) is 11.0 Å². The Morgan fingerprint density at radius 1 is 1.43 bits per heavy atom. The van der Waals surface area contributed by atoms with E-state index in [-0.39, 0.29) is 0 Å². The van der Waals surface area contributed by atoms with E-state index in [1.807, 2.05) is 26.1 Å². The van der Waals surface area contributed by atoms with Crippen LogP contribution in [0.15, 0.2) is 18.2 Å². The van der Waals surface area contributed by atoms with Crippen LogP contribution in [-0.4, -0.2) is 26.6 Å². The normalized spacial score (nSPS) is 10.0. The summed E-state index contributed by atoms with van der Waals surface area (Å²) in [6.45, 7) is 2.89. The Balaban J connectivity index is 2.85. The van der Waals surface area contributed by atoms with Crippen LogP contribution in [0.25, 0.3) is 0 Å². The van der Waals surface area contributed by atoms with Crippen molar-refractivity contribution in [1.29, 1.82) is 0 Å². The Morgan fingerprint density at radius 2 is 2.14 bits per heavy atom. The van der Waals surface area contributed by atoms with Crippen LogP contribution in [-0.2, 0) is 0 Å². The minimum absolute atomic E-state index is 0.640. The topological polar surface area (TPSA) is 12.5 Å². The lowest BCUT2D eigenvalue weighted by Crippen LogP contribution is -2.19. The summed E-state index contributed by atoms with van der Waals surface area (Å²) in [4.78, 5) is 2.12. The quantitative estimate of drug-likeness (QED) is 0.714. The molecule has 2 nitrogen and oxygen atoms in total. The van der Waals surface area contributed by atoms with Crippen LogP contribution in [0, 0.1) is 6.92 Å². The molecule has 3 heteroatoms. The Hall–Kier alpha value is -0.890. The maximum atomic E-state index is 5.68. The standard InChI is InChI=1S/C11H16ClNO/c1-9-8-10(13(2)7-6-12)4-5-11(9)14-3/h4-5,8H,6-7H2,1-3H3. The molecule has 0 atom stereocenters. The van der Waals surface area contributed by atoms with Crippen LogP contribution in [0.1, 0.15) is 5.56 Å². The number of rotatable bonds is 4. The fourth-order valence-electron chi connectivity index (χ4n) is 1.36. The van der Waals surface area contributed by atoms with E-state index in [9.17, 15) is 0 Å². The zero-order valence-electron chi connectivity index (χ0n) is 8.88. The molecule has 0 heterocycles. The van der Waals surface area contributed by atoms with Crippen molar-refractivity contribution in [2.24, 2.45) is 0 Å². The molecule has 78 valence electrons. The van der Waals surface area contributed by atoms with Crippen LogP contribution in [0.5, 0.6) is 5.75 Å². The van der Waals surface area contributed by atoms with Gasteiger partial charge in [-0.05, 0) is 30.7 Å². The molecule has 1 aromatic rings. The molecular weight excluding hydrogens is 198 g/mol. The first kappa shape index (κ1) is 11.2. The van der Waals surface area contributed by atoms with E-state index in [0.717, 1.165) is 17.9 Å². The molecule has 0 bridgehead atoms. The van der Waals surface area contributed by atoms with Gasteiger partial charge in [-0.15, -0.1) is 11.6 Å². The van der Waals surface area contributed by atoms with Crippen molar-refractivity contribution < 1.29 is 4.74 Å². The molecule has 0 aliphatic rings. The number of ether oxygens (including phenoxy) is 1. The monoisotopic (exact) mass is 213 g/mol. The largest absolute Gasteiger partial charge is 0.496 e. The molecule has 1 aromatic carbocycles. The van der Waals surface area contributed by atoms with Crippen LogP contribution in [0.2, 0.25) is 0 Å². The molecule has 14 heavy (non-hydrogen) atoms. The predicted molar refractivity (Wildman–Crippen MR) is 61.7 cm³/mol. The lowest BCUT2D eigenvalue weighted by atomic mass is 10.2. The summed E-state index contributed by atoms with van der Waals surface area (Å²) in [6.07, 6.45) is 0. The van der Waals surface area contributed by atoms with Gasteiger partial charge in [0.1, 0.15) is 5.75 Å². The number of aryl methyl sites for hydroxylation is 1. The van der Waals surface area contributed by atoms with Crippen molar-refractivity contribution in [3.8, 4) is 5.75 Å². The van der Waals surface area contributed by atoms with Crippen molar-refractivity contribution in [2.45, 2.75) is 6.92 Å². The van der Waals surface area contributed by atoms with Gasteiger partial charge in [0.15, 0.2) is 0 Å². The summed E-state index contributed by atoms with van der Waals surface area (Å²) in [5.41, 5.74) is 2.32. The number of nitrogens with zero attached hydrogens (tertiary/aromatic N) is 1. The summed E-state index contributed by atoms with van der Waals surface area (Å²) >= 11 is 5.68. The van der Waals surface area contributed by atoms with Crippen molar-refractivity contribution in [2.75, 3.05) is 31.5 Å². The predicted octanol–water partition coefficient (Wildman–Crippen LogP) is 2.68. The SMILES string of the molecule is COc1ccc(N(C)CCCl)cc1C. The van der Waals surface area contributed by atoms with Crippen molar-refractivity contribution in [1.82, 2.24) is 0 Å². The molecule has 0 N–H and O–H groups in total. The average Bonchev–Trinajstić information content (AvgIpc) is 2.18. The van der Waals surface area contributed by atoms with Crippen LogP contribution in [0.3, 0.4) is 0 Å². The molecule has 0 aliphatic carbocycles. The Morgan fingerprint density at radius 3 is 2.64 bits per heavy atom. The fourth-order valence-corrected chi connectivity index (χ4v) is 1.61. The highest BCUT2D eigenvalue weighted by atomic mass is 35.5. The van der Waals surface area contributed by atoms with Crippen molar-refractivity contribution >= 4 is 17.3 Å². The van der Waals surface area contributed by atoms with Gasteiger partial charge in [0.25, 0.3) is 0 Å². The van der Waals surface area contributed by atoms with Crippen LogP contribution in [0.4, 0.5) is 5.69 Å². The Kier molecular flexibility index (Phi) is 4.08. The fraction of sp³-hybridized carbons (Fsp3) is 0.455. The molecule has 0 fully saturated rings. The summed E-state index contributed by atoms with van der Waals surface area (Å²) in [7, 11) is 3.72. The third-order valence-corrected chi connectivity index (χ3v) is 2.41. The van der Waals surface area contributed by atoms with E-state index in [4.69, 9.17) is 16.3 Å². The summed E-state index contributed by atoms with van der Waals surface area (Å²) in [6, 6.07) is 6.12. The molecular formula is C11H16ClNO. The zero-order valence-corrected chi connectivity index (χ0v) is 9.64. The molecule has 0 aromatic heterocycles. The van der Waals surface area contributed by atoms with Crippen molar-refractivity contribution in [3.63, 3.8) is 0 Å². The third kappa shape index (κ3) is 2.55. The molecule has 0 saturated carbocycles. The first-order valence-corrected chi connectivity index (χ1v) is 5.14. The highest BCUT2D eigenvalue weighted by Gasteiger charge is 2.03. The molecule has 0 amide bonds. The van der Waals surface area contributed by atoms with E-state index >= 15 is 0 Å². The number of hydrogen-bond donors (Lipinski definition) is 0. The van der Waals surface area contributed by atoms with Gasteiger partial charge < -0.3 is 9.64 Å². The molecule has 0 saturated heterocycles. The maximum absolute atomic E-state index is 5.68. The minimum Gasteiger partial charge on any atom is -0.496 e. The highest BCUT2D eigenvalue weighted by molar-refractivity contribution is 6.18. The Labute approximate surface area is 90.4 Å². The van der Waals surface area contributed by atoms with Crippen LogP contribution < -0.4 is 9.64 Å². The van der Waals surface area contributed by atoms with E-state index in [1.165, 1.54) is 5.69 Å². The number of hydrogen-bond acceptors (Lipinski definition) is 2. The second-order valence-electron chi connectivity index (χ2n) is 3.26. The van der Waals surface area contributed by atoms with Gasteiger partial charge in [0.2, 0.25) is 0 Å². The molecule has 0 spiro atoms. The lowest BCUT2D eigenvalue weighted by molar-refractivity contribution is 0.411. The molecule has 1 rings (SSSR count). The van der Waals surface area contributed by atoms with Gasteiger partial charge in [-0.3, -0.25) is 0 Å². The number of benzene rings is 1. The first-order valence-electron chi connectivity index (χ1n) is 4.60. The van der Waals surface area contributed by atoms with Gasteiger partial charge in [-0.25, -0.2) is 0 Å². The first-order chi connectivity index (χ1) is 6.69. The minimum atomic E-state index is 0.640. The second kappa shape index (κ2) is 5.11. The van der Waals surface area contributed by atoms with Gasteiger partial charge in [0.05, 0.1) is 7.11 Å². The number of halogens is 1. The molecule has 0 radical (unpaired) electrons. The summed E-state index contributed by atoms with van der Waals surface area (Å²) in [5, 5.41) is 0. The average molecular weight is 214 g/mol. The summed E-state index contributed by atoms with van der Waals surface area (Å²) < 4.78 is 5.20. The summed E-state index contributed by atoms with van der Waals surface area (Å²) in [5.74, 6) is 1.56. The second-order valence-corrected chi connectivity index (χ2v) is 3.64. The van der Waals surface area contributed by atoms with E-state index in [0.29, 0.717) is 5.88 Å². The van der Waals surface area contributed by atoms with Gasteiger partial charge in [-0.1, -0.05) is 0 Å². The lowest BCUT2D eigenvalue weighted by Gasteiger charge is -2.19. The zero-order chi connectivity index (χ0) is 10.6. The third-order valence-electron chi connectivity index (χ3n) is 2.24. The number of alkyl halides is 1. The molecule has 0 unspecified atom stereocenters. The van der Waals surface area contributed by atoms with Gasteiger partial charge >= 0.3 is 0 Å².